The molecule has 4 atom stereocenters. The summed E-state index contributed by atoms with van der Waals surface area (Å²) < 4.78 is 5.53. The number of carboxylic acid groups (broad SMARTS) is 1. The Morgan fingerprint density at radius 2 is 1.69 bits per heavy atom. The summed E-state index contributed by atoms with van der Waals surface area (Å²) in [6, 6.07) is 15.5. The topological polar surface area (TPSA) is 95.9 Å². The lowest BCUT2D eigenvalue weighted by Gasteiger charge is -2.29. The van der Waals surface area contributed by atoms with E-state index in [1.54, 1.807) is 11.8 Å². The number of carboxylic acids is 1. The minimum Gasteiger partial charge on any atom is -0.481 e. The second-order valence-corrected chi connectivity index (χ2v) is 8.96. The maximum absolute atomic E-state index is 12.8. The minimum absolute atomic E-state index is 0.0341. The summed E-state index contributed by atoms with van der Waals surface area (Å²) in [5, 5.41) is 11.9. The fourth-order valence-electron chi connectivity index (χ4n) is 5.46. The van der Waals surface area contributed by atoms with Crippen molar-refractivity contribution < 1.29 is 24.2 Å². The molecule has 1 saturated heterocycles. The van der Waals surface area contributed by atoms with Crippen LogP contribution in [0.4, 0.5) is 4.79 Å². The van der Waals surface area contributed by atoms with Crippen LogP contribution in [0.25, 0.3) is 11.1 Å². The Bertz CT molecular complexity index is 1040. The Kier molecular flexibility index (Phi) is 5.12. The SMILES string of the molecule is C[C@@H](NC(=O)OCC1c2ccccc2-c2ccccc21)C(=O)N1CCC2C(C1)C2C(=O)O. The van der Waals surface area contributed by atoms with E-state index < -0.39 is 18.1 Å². The summed E-state index contributed by atoms with van der Waals surface area (Å²) in [5.41, 5.74) is 4.57. The van der Waals surface area contributed by atoms with Crippen LogP contribution >= 0.6 is 0 Å². The highest BCUT2D eigenvalue weighted by atomic mass is 16.5. The van der Waals surface area contributed by atoms with Gasteiger partial charge in [-0.3, -0.25) is 9.59 Å². The van der Waals surface area contributed by atoms with Gasteiger partial charge >= 0.3 is 12.1 Å². The monoisotopic (exact) mass is 434 g/mol. The first-order valence-corrected chi connectivity index (χ1v) is 11.1. The number of amides is 2. The van der Waals surface area contributed by atoms with E-state index in [-0.39, 0.29) is 36.2 Å². The number of likely N-dealkylation sites (tertiary alicyclic amines) is 1. The first-order chi connectivity index (χ1) is 15.5. The predicted octanol–water partition coefficient (Wildman–Crippen LogP) is 3.09. The van der Waals surface area contributed by atoms with E-state index in [1.165, 1.54) is 0 Å². The molecule has 0 aromatic heterocycles. The van der Waals surface area contributed by atoms with Crippen molar-refractivity contribution in [3.63, 3.8) is 0 Å². The molecule has 0 bridgehead atoms. The molecule has 166 valence electrons. The molecule has 32 heavy (non-hydrogen) atoms. The number of benzene rings is 2. The van der Waals surface area contributed by atoms with Gasteiger partial charge in [0.15, 0.2) is 0 Å². The Morgan fingerprint density at radius 3 is 2.31 bits per heavy atom. The number of nitrogens with zero attached hydrogens (tertiary/aromatic N) is 1. The van der Waals surface area contributed by atoms with Crippen LogP contribution in [-0.2, 0) is 14.3 Å². The van der Waals surface area contributed by atoms with Gasteiger partial charge in [0.05, 0.1) is 5.92 Å². The number of carbonyl (C=O) groups is 3. The number of fused-ring (bicyclic) bond motifs is 4. The van der Waals surface area contributed by atoms with E-state index in [9.17, 15) is 19.5 Å². The molecule has 3 unspecified atom stereocenters. The largest absolute Gasteiger partial charge is 0.481 e. The lowest BCUT2D eigenvalue weighted by Crippen LogP contribution is -2.49. The molecule has 2 N–H and O–H groups in total. The van der Waals surface area contributed by atoms with Crippen LogP contribution in [0.1, 0.15) is 30.4 Å². The van der Waals surface area contributed by atoms with Gasteiger partial charge in [-0.1, -0.05) is 48.5 Å². The third-order valence-electron chi connectivity index (χ3n) is 7.14. The summed E-state index contributed by atoms with van der Waals surface area (Å²) in [5.74, 6) is -1.14. The summed E-state index contributed by atoms with van der Waals surface area (Å²) in [7, 11) is 0. The molecule has 2 aromatic rings. The molecule has 1 saturated carbocycles. The summed E-state index contributed by atoms with van der Waals surface area (Å²) in [6.07, 6.45) is 0.0721. The maximum atomic E-state index is 12.8. The number of alkyl carbamates (subject to hydrolysis) is 1. The fraction of sp³-hybridized carbons (Fsp3) is 0.400. The van der Waals surface area contributed by atoms with E-state index in [2.05, 4.69) is 29.6 Å². The summed E-state index contributed by atoms with van der Waals surface area (Å²) >= 11 is 0. The molecule has 7 nitrogen and oxygen atoms in total. The Hall–Kier alpha value is -3.35. The first-order valence-electron chi connectivity index (χ1n) is 11.1. The van der Waals surface area contributed by atoms with Crippen molar-refractivity contribution in [2.75, 3.05) is 19.7 Å². The van der Waals surface area contributed by atoms with Gasteiger partial charge in [0.2, 0.25) is 5.91 Å². The van der Waals surface area contributed by atoms with E-state index in [0.29, 0.717) is 19.5 Å². The van der Waals surface area contributed by atoms with Gasteiger partial charge in [-0.15, -0.1) is 0 Å². The van der Waals surface area contributed by atoms with E-state index >= 15 is 0 Å². The van der Waals surface area contributed by atoms with Gasteiger partial charge in [-0.05, 0) is 47.4 Å². The molecule has 7 heteroatoms. The molecule has 0 spiro atoms. The summed E-state index contributed by atoms with van der Waals surface area (Å²) in [4.78, 5) is 38.1. The highest BCUT2D eigenvalue weighted by Gasteiger charge is 2.57. The third-order valence-corrected chi connectivity index (χ3v) is 7.14. The van der Waals surface area contributed by atoms with Crippen LogP contribution in [0, 0.1) is 17.8 Å². The maximum Gasteiger partial charge on any atom is 0.407 e. The third kappa shape index (κ3) is 3.51. The average Bonchev–Trinajstić information content (AvgIpc) is 3.44. The van der Waals surface area contributed by atoms with Gasteiger partial charge < -0.3 is 20.1 Å². The smallest absolute Gasteiger partial charge is 0.407 e. The second-order valence-electron chi connectivity index (χ2n) is 8.96. The quantitative estimate of drug-likeness (QED) is 0.754. The molecule has 1 heterocycles. The first kappa shape index (κ1) is 20.5. The van der Waals surface area contributed by atoms with Crippen molar-refractivity contribution in [2.45, 2.75) is 25.3 Å². The van der Waals surface area contributed by atoms with Gasteiger partial charge in [0.1, 0.15) is 12.6 Å². The zero-order chi connectivity index (χ0) is 22.4. The van der Waals surface area contributed by atoms with E-state index in [4.69, 9.17) is 4.74 Å². The number of carbonyl (C=O) groups excluding carboxylic acids is 2. The van der Waals surface area contributed by atoms with Crippen LogP contribution in [0.3, 0.4) is 0 Å². The average molecular weight is 434 g/mol. The van der Waals surface area contributed by atoms with Crippen LogP contribution in [-0.4, -0.2) is 53.7 Å². The number of hydrogen-bond donors (Lipinski definition) is 2. The molecule has 2 aromatic carbocycles. The van der Waals surface area contributed by atoms with Crippen LogP contribution in [0.5, 0.6) is 0 Å². The van der Waals surface area contributed by atoms with Crippen molar-refractivity contribution in [3.8, 4) is 11.1 Å². The molecule has 5 rings (SSSR count). The number of nitrogens with one attached hydrogen (secondary N) is 1. The van der Waals surface area contributed by atoms with E-state index in [1.807, 2.05) is 24.3 Å². The van der Waals surface area contributed by atoms with Gasteiger partial charge in [0, 0.05) is 19.0 Å². The molecule has 0 radical (unpaired) electrons. The molecule has 1 aliphatic heterocycles. The Balaban J connectivity index is 1.17. The number of ether oxygens (including phenoxy) is 1. The minimum atomic E-state index is -0.779. The predicted molar refractivity (Wildman–Crippen MR) is 117 cm³/mol. The fourth-order valence-corrected chi connectivity index (χ4v) is 5.46. The van der Waals surface area contributed by atoms with Crippen LogP contribution < -0.4 is 5.32 Å². The highest BCUT2D eigenvalue weighted by molar-refractivity contribution is 5.86. The molecule has 2 fully saturated rings. The Labute approximate surface area is 186 Å². The number of aliphatic carboxylic acids is 1. The molecular weight excluding hydrogens is 408 g/mol. The standard InChI is InChI=1S/C25H26N2O5/c1-14(23(28)27-11-10-19-20(12-27)22(19)24(29)30)26-25(31)32-13-21-17-8-4-2-6-15(17)16-7-3-5-9-18(16)21/h2-9,14,19-22H,10-13H2,1H3,(H,26,31)(H,29,30)/t14-,19?,20?,22?/m1/s1. The molecule has 2 aliphatic carbocycles. The second kappa shape index (κ2) is 7.97. The number of rotatable bonds is 5. The van der Waals surface area contributed by atoms with Crippen molar-refractivity contribution >= 4 is 18.0 Å². The lowest BCUT2D eigenvalue weighted by molar-refractivity contribution is -0.139. The zero-order valence-electron chi connectivity index (χ0n) is 17.9. The highest BCUT2D eigenvalue weighted by Crippen LogP contribution is 2.51. The Morgan fingerprint density at radius 1 is 1.06 bits per heavy atom. The van der Waals surface area contributed by atoms with Gasteiger partial charge in [-0.25, -0.2) is 4.79 Å². The van der Waals surface area contributed by atoms with Crippen molar-refractivity contribution in [1.82, 2.24) is 10.2 Å². The number of hydrogen-bond acceptors (Lipinski definition) is 4. The lowest BCUT2D eigenvalue weighted by atomic mass is 9.98. The van der Waals surface area contributed by atoms with Crippen LogP contribution in [0.15, 0.2) is 48.5 Å². The van der Waals surface area contributed by atoms with Crippen LogP contribution in [0.2, 0.25) is 0 Å². The molecular formula is C25H26N2O5. The zero-order valence-corrected chi connectivity index (χ0v) is 17.9. The normalized spacial score (nSPS) is 24.0. The molecule has 3 aliphatic rings. The van der Waals surface area contributed by atoms with Gasteiger partial charge in [0.25, 0.3) is 0 Å². The van der Waals surface area contributed by atoms with Crippen molar-refractivity contribution in [3.05, 3.63) is 59.7 Å². The van der Waals surface area contributed by atoms with E-state index in [0.717, 1.165) is 22.3 Å². The van der Waals surface area contributed by atoms with Gasteiger partial charge in [-0.2, -0.15) is 0 Å². The molecule has 2 amide bonds. The van der Waals surface area contributed by atoms with Crippen molar-refractivity contribution in [2.24, 2.45) is 17.8 Å². The summed E-state index contributed by atoms with van der Waals surface area (Å²) in [6.45, 7) is 2.80. The number of piperidine rings is 1. The van der Waals surface area contributed by atoms with Crippen molar-refractivity contribution in [1.29, 1.82) is 0 Å².